The summed E-state index contributed by atoms with van der Waals surface area (Å²) >= 11 is 0. The Balaban J connectivity index is 2.19. The fraction of sp³-hybridized carbons (Fsp3) is 0.611. The van der Waals surface area contributed by atoms with Crippen LogP contribution in [-0.2, 0) is 14.6 Å². The van der Waals surface area contributed by atoms with Gasteiger partial charge in [-0.2, -0.15) is 4.99 Å². The molecule has 0 spiro atoms. The Morgan fingerprint density at radius 1 is 1.25 bits per heavy atom. The lowest BCUT2D eigenvalue weighted by atomic mass is 9.84. The summed E-state index contributed by atoms with van der Waals surface area (Å²) in [5.41, 5.74) is -0.822. The molecule has 0 radical (unpaired) electrons. The number of nitrogens with zero attached hydrogens (tertiary/aromatic N) is 1. The maximum Gasteiger partial charge on any atom is 0.235 e. The van der Waals surface area contributed by atoms with Crippen LogP contribution < -0.4 is 4.74 Å². The molecule has 1 saturated carbocycles. The third-order valence-electron chi connectivity index (χ3n) is 4.46. The molecule has 0 aromatic heterocycles. The maximum atomic E-state index is 12.8. The standard InChI is InChI=1S/C18H25NO4S/c1-2-3-12-23-16-8-7-9-17(13-16)24(21,22)14-18(19-15-20)10-5-4-6-11-18/h7-9,13H,2-6,10-12,14H2,1H3. The molecule has 0 amide bonds. The summed E-state index contributed by atoms with van der Waals surface area (Å²) in [5.74, 6) is 0.411. The van der Waals surface area contributed by atoms with Crippen molar-refractivity contribution < 1.29 is 17.9 Å². The zero-order chi connectivity index (χ0) is 17.5. The highest BCUT2D eigenvalue weighted by Gasteiger charge is 2.37. The van der Waals surface area contributed by atoms with Gasteiger partial charge in [0.15, 0.2) is 9.84 Å². The molecule has 0 saturated heterocycles. The molecular weight excluding hydrogens is 326 g/mol. The van der Waals surface area contributed by atoms with Crippen LogP contribution in [0.5, 0.6) is 5.75 Å². The maximum absolute atomic E-state index is 12.8. The van der Waals surface area contributed by atoms with Crippen LogP contribution in [0.3, 0.4) is 0 Å². The first kappa shape index (κ1) is 18.7. The first-order valence-electron chi connectivity index (χ1n) is 8.56. The molecule has 6 heteroatoms. The number of isocyanates is 1. The number of carbonyl (C=O) groups excluding carboxylic acids is 1. The molecule has 0 bridgehead atoms. The van der Waals surface area contributed by atoms with Crippen LogP contribution in [-0.4, -0.2) is 32.4 Å². The van der Waals surface area contributed by atoms with Crippen molar-refractivity contribution in [2.45, 2.75) is 62.3 Å². The van der Waals surface area contributed by atoms with Crippen LogP contribution in [0.2, 0.25) is 0 Å². The predicted molar refractivity (Wildman–Crippen MR) is 92.8 cm³/mol. The summed E-state index contributed by atoms with van der Waals surface area (Å²) in [7, 11) is -3.55. The first-order chi connectivity index (χ1) is 11.5. The van der Waals surface area contributed by atoms with Crippen molar-refractivity contribution in [2.75, 3.05) is 12.4 Å². The molecule has 1 aliphatic rings. The minimum absolute atomic E-state index is 0.145. The van der Waals surface area contributed by atoms with E-state index in [1.54, 1.807) is 30.3 Å². The minimum atomic E-state index is -3.55. The molecule has 1 aromatic rings. The number of sulfone groups is 1. The van der Waals surface area contributed by atoms with Crippen molar-refractivity contribution in [2.24, 2.45) is 4.99 Å². The first-order valence-corrected chi connectivity index (χ1v) is 10.2. The van der Waals surface area contributed by atoms with E-state index in [9.17, 15) is 13.2 Å². The minimum Gasteiger partial charge on any atom is -0.494 e. The van der Waals surface area contributed by atoms with Gasteiger partial charge >= 0.3 is 0 Å². The lowest BCUT2D eigenvalue weighted by Gasteiger charge is -2.31. The SMILES string of the molecule is CCCCOc1cccc(S(=O)(=O)CC2(N=C=O)CCCCC2)c1. The number of benzene rings is 1. The third kappa shape index (κ3) is 4.92. The molecule has 5 nitrogen and oxygen atoms in total. The normalized spacial score (nSPS) is 17.0. The molecule has 1 fully saturated rings. The summed E-state index contributed by atoms with van der Waals surface area (Å²) in [5, 5.41) is 0. The molecule has 1 aromatic carbocycles. The van der Waals surface area contributed by atoms with Crippen LogP contribution in [0.15, 0.2) is 34.2 Å². The predicted octanol–water partition coefficient (Wildman–Crippen LogP) is 3.68. The van der Waals surface area contributed by atoms with E-state index in [1.807, 2.05) is 0 Å². The number of ether oxygens (including phenoxy) is 1. The molecule has 1 aliphatic carbocycles. The van der Waals surface area contributed by atoms with Crippen LogP contribution in [0.25, 0.3) is 0 Å². The van der Waals surface area contributed by atoms with Gasteiger partial charge in [-0.05, 0) is 37.5 Å². The Morgan fingerprint density at radius 2 is 2.00 bits per heavy atom. The lowest BCUT2D eigenvalue weighted by molar-refractivity contribution is 0.308. The van der Waals surface area contributed by atoms with Crippen molar-refractivity contribution in [1.29, 1.82) is 0 Å². The summed E-state index contributed by atoms with van der Waals surface area (Å²) < 4.78 is 31.2. The number of hydrogen-bond acceptors (Lipinski definition) is 5. The average molecular weight is 351 g/mol. The molecule has 24 heavy (non-hydrogen) atoms. The average Bonchev–Trinajstić information content (AvgIpc) is 2.56. The molecule has 2 rings (SSSR count). The highest BCUT2D eigenvalue weighted by molar-refractivity contribution is 7.91. The van der Waals surface area contributed by atoms with Crippen molar-refractivity contribution in [1.82, 2.24) is 0 Å². The Hall–Kier alpha value is -1.65. The van der Waals surface area contributed by atoms with Gasteiger partial charge in [-0.1, -0.05) is 38.7 Å². The van der Waals surface area contributed by atoms with E-state index in [0.717, 1.165) is 32.1 Å². The van der Waals surface area contributed by atoms with Crippen LogP contribution >= 0.6 is 0 Å². The smallest absolute Gasteiger partial charge is 0.235 e. The fourth-order valence-corrected chi connectivity index (χ4v) is 4.93. The number of hydrogen-bond donors (Lipinski definition) is 0. The summed E-state index contributed by atoms with van der Waals surface area (Å²) in [6, 6.07) is 6.58. The highest BCUT2D eigenvalue weighted by atomic mass is 32.2. The second-order valence-electron chi connectivity index (χ2n) is 6.42. The zero-order valence-corrected chi connectivity index (χ0v) is 15.0. The van der Waals surface area contributed by atoms with E-state index >= 15 is 0 Å². The van der Waals surface area contributed by atoms with Gasteiger partial charge in [0.25, 0.3) is 0 Å². The molecular formula is C18H25NO4S. The Kier molecular flexibility index (Phi) is 6.58. The van der Waals surface area contributed by atoms with Crippen LogP contribution in [0, 0.1) is 0 Å². The Bertz CT molecular complexity index is 687. The van der Waals surface area contributed by atoms with Gasteiger partial charge in [0.05, 0.1) is 22.8 Å². The van der Waals surface area contributed by atoms with E-state index in [1.165, 1.54) is 0 Å². The second kappa shape index (κ2) is 8.45. The van der Waals surface area contributed by atoms with Crippen molar-refractivity contribution in [3.05, 3.63) is 24.3 Å². The fourth-order valence-electron chi connectivity index (χ4n) is 3.12. The monoisotopic (exact) mass is 351 g/mol. The Labute approximate surface area is 144 Å². The van der Waals surface area contributed by atoms with Crippen molar-refractivity contribution in [3.63, 3.8) is 0 Å². The summed E-state index contributed by atoms with van der Waals surface area (Å²) in [6.07, 6.45) is 7.60. The Morgan fingerprint density at radius 3 is 2.67 bits per heavy atom. The lowest BCUT2D eigenvalue weighted by Crippen LogP contribution is -2.37. The molecule has 132 valence electrons. The highest BCUT2D eigenvalue weighted by Crippen LogP contribution is 2.34. The van der Waals surface area contributed by atoms with E-state index in [4.69, 9.17) is 4.74 Å². The van der Waals surface area contributed by atoms with E-state index in [-0.39, 0.29) is 10.6 Å². The quantitative estimate of drug-likeness (QED) is 0.407. The van der Waals surface area contributed by atoms with Crippen LogP contribution in [0.1, 0.15) is 51.9 Å². The van der Waals surface area contributed by atoms with E-state index < -0.39 is 15.4 Å². The van der Waals surface area contributed by atoms with Crippen LogP contribution in [0.4, 0.5) is 0 Å². The molecule has 0 N–H and O–H groups in total. The van der Waals surface area contributed by atoms with Crippen molar-refractivity contribution in [3.8, 4) is 5.75 Å². The molecule has 0 aliphatic heterocycles. The summed E-state index contributed by atoms with van der Waals surface area (Å²) in [6.45, 7) is 2.64. The second-order valence-corrected chi connectivity index (χ2v) is 8.41. The van der Waals surface area contributed by atoms with E-state index in [2.05, 4.69) is 11.9 Å². The zero-order valence-electron chi connectivity index (χ0n) is 14.2. The molecule has 0 atom stereocenters. The van der Waals surface area contributed by atoms with Gasteiger partial charge in [-0.25, -0.2) is 13.2 Å². The molecule has 0 unspecified atom stereocenters. The van der Waals surface area contributed by atoms with Crippen molar-refractivity contribution >= 4 is 15.9 Å². The van der Waals surface area contributed by atoms with Gasteiger partial charge in [0, 0.05) is 0 Å². The van der Waals surface area contributed by atoms with Gasteiger partial charge in [0.2, 0.25) is 6.08 Å². The van der Waals surface area contributed by atoms with Gasteiger partial charge < -0.3 is 4.74 Å². The largest absolute Gasteiger partial charge is 0.494 e. The third-order valence-corrected chi connectivity index (χ3v) is 6.35. The molecule has 0 heterocycles. The van der Waals surface area contributed by atoms with Gasteiger partial charge in [-0.3, -0.25) is 0 Å². The van der Waals surface area contributed by atoms with E-state index in [0.29, 0.717) is 25.2 Å². The number of rotatable bonds is 8. The number of unbranched alkanes of at least 4 members (excludes halogenated alkanes) is 1. The summed E-state index contributed by atoms with van der Waals surface area (Å²) in [4.78, 5) is 14.9. The van der Waals surface area contributed by atoms with Gasteiger partial charge in [-0.15, -0.1) is 0 Å². The number of aliphatic imine (C=N–C) groups is 1. The van der Waals surface area contributed by atoms with Gasteiger partial charge in [0.1, 0.15) is 5.75 Å². The topological polar surface area (TPSA) is 72.8 Å².